The van der Waals surface area contributed by atoms with Gasteiger partial charge in [0.15, 0.2) is 0 Å². The second kappa shape index (κ2) is 7.12. The fourth-order valence-electron chi connectivity index (χ4n) is 1.79. The Kier molecular flexibility index (Phi) is 5.18. The van der Waals surface area contributed by atoms with Crippen LogP contribution in [0.2, 0.25) is 0 Å². The maximum Gasteiger partial charge on any atom is 0.337 e. The highest BCUT2D eigenvalue weighted by Gasteiger charge is 2.14. The van der Waals surface area contributed by atoms with Crippen LogP contribution in [0.5, 0.6) is 11.8 Å². The highest BCUT2D eigenvalue weighted by molar-refractivity contribution is 5.89. The van der Waals surface area contributed by atoms with E-state index in [4.69, 9.17) is 4.74 Å². The van der Waals surface area contributed by atoms with Crippen LogP contribution in [0.1, 0.15) is 31.1 Å². The highest BCUT2D eigenvalue weighted by Crippen LogP contribution is 2.21. The first-order chi connectivity index (χ1) is 11.3. The number of carbonyl (C=O) groups excluding carboxylic acids is 1. The van der Waals surface area contributed by atoms with Crippen LogP contribution in [0.25, 0.3) is 0 Å². The number of nitrogens with one attached hydrogen (secondary N) is 2. The zero-order valence-electron chi connectivity index (χ0n) is 14.4. The second-order valence-corrected chi connectivity index (χ2v) is 6.01. The third kappa shape index (κ3) is 4.80. The van der Waals surface area contributed by atoms with Crippen LogP contribution in [0.15, 0.2) is 24.3 Å². The highest BCUT2D eigenvalue weighted by atomic mass is 16.5. The summed E-state index contributed by atoms with van der Waals surface area (Å²) in [5, 5.41) is 6.04. The summed E-state index contributed by atoms with van der Waals surface area (Å²) in [4.78, 5) is 24.1. The Balaban J connectivity index is 2.22. The van der Waals surface area contributed by atoms with Crippen LogP contribution >= 0.6 is 0 Å². The molecule has 0 bridgehead atoms. The van der Waals surface area contributed by atoms with Crippen LogP contribution < -0.4 is 15.4 Å². The number of anilines is 2. The molecule has 1 heterocycles. The molecule has 0 fully saturated rings. The predicted octanol–water partition coefficient (Wildman–Crippen LogP) is 2.70. The van der Waals surface area contributed by atoms with Gasteiger partial charge in [-0.2, -0.15) is 15.0 Å². The van der Waals surface area contributed by atoms with Gasteiger partial charge < -0.3 is 20.1 Å². The predicted molar refractivity (Wildman–Crippen MR) is 90.6 cm³/mol. The van der Waals surface area contributed by atoms with Crippen LogP contribution in [0.3, 0.4) is 0 Å². The van der Waals surface area contributed by atoms with Gasteiger partial charge in [-0.05, 0) is 45.0 Å². The van der Waals surface area contributed by atoms with E-state index in [0.717, 1.165) is 0 Å². The van der Waals surface area contributed by atoms with E-state index >= 15 is 0 Å². The number of methoxy groups -OCH3 is 1. The number of carbonyl (C=O) groups is 1. The molecule has 1 aromatic carbocycles. The molecule has 2 aromatic rings. The standard InChI is InChI=1S/C16H21N5O3/c1-16(2,3)21-14-18-13(17-4)19-15(20-14)24-11-8-6-10(7-9-11)12(22)23-5/h6-9H,1-5H3,(H2,17,18,19,20,21). The van der Waals surface area contributed by atoms with E-state index in [9.17, 15) is 4.79 Å². The SMILES string of the molecule is CNc1nc(NC(C)(C)C)nc(Oc2ccc(C(=O)OC)cc2)n1. The van der Waals surface area contributed by atoms with Gasteiger partial charge in [0, 0.05) is 12.6 Å². The normalized spacial score (nSPS) is 10.9. The van der Waals surface area contributed by atoms with Gasteiger partial charge in [0.25, 0.3) is 0 Å². The van der Waals surface area contributed by atoms with E-state index in [1.807, 2.05) is 20.8 Å². The van der Waals surface area contributed by atoms with Gasteiger partial charge in [-0.1, -0.05) is 0 Å². The Hall–Kier alpha value is -2.90. The molecule has 2 rings (SSSR count). The minimum absolute atomic E-state index is 0.145. The number of ether oxygens (including phenoxy) is 2. The first-order valence-electron chi connectivity index (χ1n) is 7.39. The molecule has 0 aliphatic rings. The van der Waals surface area contributed by atoms with E-state index in [2.05, 4.69) is 30.3 Å². The number of hydrogen-bond donors (Lipinski definition) is 2. The van der Waals surface area contributed by atoms with Crippen molar-refractivity contribution in [3.05, 3.63) is 29.8 Å². The number of hydrogen-bond acceptors (Lipinski definition) is 8. The van der Waals surface area contributed by atoms with Crippen molar-refractivity contribution in [1.29, 1.82) is 0 Å². The summed E-state index contributed by atoms with van der Waals surface area (Å²) in [5.41, 5.74) is 0.234. The average Bonchev–Trinajstić information content (AvgIpc) is 2.53. The minimum atomic E-state index is -0.407. The molecule has 0 saturated carbocycles. The molecule has 0 aliphatic carbocycles. The zero-order chi connectivity index (χ0) is 17.7. The summed E-state index contributed by atoms with van der Waals surface area (Å²) >= 11 is 0. The Bertz CT molecular complexity index is 711. The Morgan fingerprint density at radius 2 is 1.67 bits per heavy atom. The maximum atomic E-state index is 11.4. The lowest BCUT2D eigenvalue weighted by atomic mass is 10.1. The summed E-state index contributed by atoms with van der Waals surface area (Å²) in [5.74, 6) is 0.884. The summed E-state index contributed by atoms with van der Waals surface area (Å²) in [6, 6.07) is 6.65. The van der Waals surface area contributed by atoms with Crippen molar-refractivity contribution >= 4 is 17.9 Å². The van der Waals surface area contributed by atoms with Crippen LogP contribution in [0, 0.1) is 0 Å². The molecule has 0 radical (unpaired) electrons. The molecule has 0 unspecified atom stereocenters. The fourth-order valence-corrected chi connectivity index (χ4v) is 1.79. The average molecular weight is 331 g/mol. The van der Waals surface area contributed by atoms with Crippen molar-refractivity contribution in [2.75, 3.05) is 24.8 Å². The van der Waals surface area contributed by atoms with Gasteiger partial charge in [-0.25, -0.2) is 4.79 Å². The quantitative estimate of drug-likeness (QED) is 0.807. The molecule has 1 aromatic heterocycles. The Labute approximate surface area is 140 Å². The number of esters is 1. The van der Waals surface area contributed by atoms with E-state index < -0.39 is 5.97 Å². The van der Waals surface area contributed by atoms with Gasteiger partial charge in [-0.15, -0.1) is 0 Å². The van der Waals surface area contributed by atoms with Crippen LogP contribution in [0.4, 0.5) is 11.9 Å². The van der Waals surface area contributed by atoms with Gasteiger partial charge >= 0.3 is 12.0 Å². The number of rotatable bonds is 5. The van der Waals surface area contributed by atoms with Crippen molar-refractivity contribution in [3.63, 3.8) is 0 Å². The van der Waals surface area contributed by atoms with Crippen molar-refractivity contribution in [2.24, 2.45) is 0 Å². The van der Waals surface area contributed by atoms with E-state index in [1.54, 1.807) is 31.3 Å². The molecule has 0 aliphatic heterocycles. The fraction of sp³-hybridized carbons (Fsp3) is 0.375. The molecule has 24 heavy (non-hydrogen) atoms. The molecular formula is C16H21N5O3. The van der Waals surface area contributed by atoms with Gasteiger partial charge in [0.1, 0.15) is 5.75 Å². The van der Waals surface area contributed by atoms with E-state index in [-0.39, 0.29) is 11.5 Å². The molecule has 0 atom stereocenters. The molecule has 8 heteroatoms. The lowest BCUT2D eigenvalue weighted by Gasteiger charge is -2.20. The molecular weight excluding hydrogens is 310 g/mol. The maximum absolute atomic E-state index is 11.4. The second-order valence-electron chi connectivity index (χ2n) is 6.01. The third-order valence-corrected chi connectivity index (χ3v) is 2.81. The zero-order valence-corrected chi connectivity index (χ0v) is 14.4. The summed E-state index contributed by atoms with van der Waals surface area (Å²) < 4.78 is 10.3. The van der Waals surface area contributed by atoms with Crippen molar-refractivity contribution < 1.29 is 14.3 Å². The van der Waals surface area contributed by atoms with Crippen molar-refractivity contribution in [2.45, 2.75) is 26.3 Å². The van der Waals surface area contributed by atoms with Crippen molar-refractivity contribution in [3.8, 4) is 11.8 Å². The number of aromatic nitrogens is 3. The lowest BCUT2D eigenvalue weighted by Crippen LogP contribution is -2.27. The molecule has 128 valence electrons. The third-order valence-electron chi connectivity index (χ3n) is 2.81. The van der Waals surface area contributed by atoms with Gasteiger partial charge in [0.2, 0.25) is 11.9 Å². The van der Waals surface area contributed by atoms with Gasteiger partial charge in [0.05, 0.1) is 12.7 Å². The first kappa shape index (κ1) is 17.5. The minimum Gasteiger partial charge on any atom is -0.465 e. The molecule has 0 spiro atoms. The summed E-state index contributed by atoms with van der Waals surface area (Å²) in [7, 11) is 3.05. The number of benzene rings is 1. The molecule has 2 N–H and O–H groups in total. The molecule has 8 nitrogen and oxygen atoms in total. The summed E-state index contributed by atoms with van der Waals surface area (Å²) in [6.07, 6.45) is 0. The van der Waals surface area contributed by atoms with Crippen LogP contribution in [-0.4, -0.2) is 40.6 Å². The van der Waals surface area contributed by atoms with E-state index in [1.165, 1.54) is 7.11 Å². The Morgan fingerprint density at radius 3 is 2.21 bits per heavy atom. The number of nitrogens with zero attached hydrogens (tertiary/aromatic N) is 3. The lowest BCUT2D eigenvalue weighted by molar-refractivity contribution is 0.0600. The largest absolute Gasteiger partial charge is 0.465 e. The topological polar surface area (TPSA) is 98.3 Å². The van der Waals surface area contributed by atoms with Crippen LogP contribution in [-0.2, 0) is 4.74 Å². The molecule has 0 saturated heterocycles. The Morgan fingerprint density at radius 1 is 1.04 bits per heavy atom. The van der Waals surface area contributed by atoms with Crippen molar-refractivity contribution in [1.82, 2.24) is 15.0 Å². The van der Waals surface area contributed by atoms with E-state index in [0.29, 0.717) is 23.2 Å². The molecule has 0 amide bonds. The monoisotopic (exact) mass is 331 g/mol. The smallest absolute Gasteiger partial charge is 0.337 e. The first-order valence-corrected chi connectivity index (χ1v) is 7.39. The summed E-state index contributed by atoms with van der Waals surface area (Å²) in [6.45, 7) is 6.01. The van der Waals surface area contributed by atoms with Gasteiger partial charge in [-0.3, -0.25) is 0 Å².